The minimum Gasteiger partial charge on any atom is -0.338 e. The second-order valence-corrected chi connectivity index (χ2v) is 8.39. The predicted octanol–water partition coefficient (Wildman–Crippen LogP) is 3.75. The molecule has 3 aromatic heterocycles. The van der Waals surface area contributed by atoms with Crippen LogP contribution < -0.4 is 0 Å². The number of thiophene rings is 1. The molecule has 0 radical (unpaired) electrons. The molecule has 1 aliphatic rings. The lowest BCUT2D eigenvalue weighted by Gasteiger charge is -2.33. The molecule has 1 fully saturated rings. The van der Waals surface area contributed by atoms with E-state index >= 15 is 0 Å². The van der Waals surface area contributed by atoms with Gasteiger partial charge in [-0.1, -0.05) is 29.4 Å². The second kappa shape index (κ2) is 8.51. The highest BCUT2D eigenvalue weighted by Gasteiger charge is 2.20. The topological polar surface area (TPSA) is 63.2 Å². The SMILES string of the molecule is Cc1ccccc1-c1noc(CN2CCN(Cn3ccc(-c4ccsc4)n3)CC2)n1. The van der Waals surface area contributed by atoms with E-state index < -0.39 is 0 Å². The molecule has 0 atom stereocenters. The van der Waals surface area contributed by atoms with E-state index in [1.54, 1.807) is 11.3 Å². The fourth-order valence-corrected chi connectivity index (χ4v) is 4.39. The Morgan fingerprint density at radius 2 is 1.87 bits per heavy atom. The van der Waals surface area contributed by atoms with Crippen LogP contribution in [0.25, 0.3) is 22.6 Å². The third kappa shape index (κ3) is 4.21. The van der Waals surface area contributed by atoms with Crippen LogP contribution in [-0.2, 0) is 13.2 Å². The van der Waals surface area contributed by atoms with Crippen molar-refractivity contribution in [2.45, 2.75) is 20.1 Å². The van der Waals surface area contributed by atoms with E-state index in [4.69, 9.17) is 9.62 Å². The first-order valence-corrected chi connectivity index (χ1v) is 11.1. The van der Waals surface area contributed by atoms with Gasteiger partial charge in [0, 0.05) is 48.9 Å². The number of nitrogens with zero attached hydrogens (tertiary/aromatic N) is 6. The van der Waals surface area contributed by atoms with Crippen molar-refractivity contribution in [2.75, 3.05) is 26.2 Å². The minimum absolute atomic E-state index is 0.668. The lowest BCUT2D eigenvalue weighted by molar-refractivity contribution is 0.0915. The molecule has 1 aliphatic heterocycles. The van der Waals surface area contributed by atoms with Gasteiger partial charge in [0.2, 0.25) is 11.7 Å². The molecular weight excluding hydrogens is 396 g/mol. The molecule has 0 unspecified atom stereocenters. The maximum Gasteiger partial charge on any atom is 0.241 e. The summed E-state index contributed by atoms with van der Waals surface area (Å²) in [6, 6.07) is 12.3. The third-order valence-corrected chi connectivity index (χ3v) is 6.16. The molecule has 30 heavy (non-hydrogen) atoms. The van der Waals surface area contributed by atoms with Crippen LogP contribution in [0.4, 0.5) is 0 Å². The molecule has 0 bridgehead atoms. The first-order chi connectivity index (χ1) is 14.7. The summed E-state index contributed by atoms with van der Waals surface area (Å²) in [6.07, 6.45) is 2.06. The van der Waals surface area contributed by atoms with Gasteiger partial charge in [-0.25, -0.2) is 0 Å². The van der Waals surface area contributed by atoms with Crippen LogP contribution in [0.1, 0.15) is 11.5 Å². The van der Waals surface area contributed by atoms with E-state index in [2.05, 4.69) is 62.0 Å². The molecule has 1 aromatic carbocycles. The Kier molecular flexibility index (Phi) is 5.44. The van der Waals surface area contributed by atoms with Crippen molar-refractivity contribution in [3.05, 3.63) is 64.8 Å². The summed E-state index contributed by atoms with van der Waals surface area (Å²) >= 11 is 1.70. The monoisotopic (exact) mass is 420 g/mol. The second-order valence-electron chi connectivity index (χ2n) is 7.61. The molecule has 8 heteroatoms. The van der Waals surface area contributed by atoms with Gasteiger partial charge in [-0.05, 0) is 30.0 Å². The van der Waals surface area contributed by atoms with Crippen molar-refractivity contribution in [1.29, 1.82) is 0 Å². The first-order valence-electron chi connectivity index (χ1n) is 10.1. The number of hydrogen-bond donors (Lipinski definition) is 0. The summed E-state index contributed by atoms with van der Waals surface area (Å²) in [5.74, 6) is 1.34. The Labute approximate surface area is 179 Å². The van der Waals surface area contributed by atoms with Gasteiger partial charge in [0.15, 0.2) is 0 Å². The van der Waals surface area contributed by atoms with Gasteiger partial charge in [-0.2, -0.15) is 21.4 Å². The summed E-state index contributed by atoms with van der Waals surface area (Å²) in [7, 11) is 0. The number of benzene rings is 1. The molecule has 0 aliphatic carbocycles. The van der Waals surface area contributed by atoms with Crippen molar-refractivity contribution in [3.63, 3.8) is 0 Å². The van der Waals surface area contributed by atoms with E-state index in [1.165, 1.54) is 5.56 Å². The highest BCUT2D eigenvalue weighted by Crippen LogP contribution is 2.21. The Morgan fingerprint density at radius 3 is 2.67 bits per heavy atom. The van der Waals surface area contributed by atoms with Crippen LogP contribution in [0, 0.1) is 6.92 Å². The average molecular weight is 421 g/mol. The normalized spacial score (nSPS) is 15.6. The van der Waals surface area contributed by atoms with Gasteiger partial charge >= 0.3 is 0 Å². The Morgan fingerprint density at radius 1 is 1.03 bits per heavy atom. The van der Waals surface area contributed by atoms with Crippen molar-refractivity contribution in [3.8, 4) is 22.6 Å². The van der Waals surface area contributed by atoms with Gasteiger partial charge in [0.25, 0.3) is 0 Å². The molecule has 1 saturated heterocycles. The van der Waals surface area contributed by atoms with Crippen LogP contribution in [0.15, 0.2) is 57.9 Å². The van der Waals surface area contributed by atoms with Crippen LogP contribution >= 0.6 is 11.3 Å². The van der Waals surface area contributed by atoms with Crippen molar-refractivity contribution in [1.82, 2.24) is 29.7 Å². The van der Waals surface area contributed by atoms with E-state index in [-0.39, 0.29) is 0 Å². The van der Waals surface area contributed by atoms with Crippen LogP contribution in [0.3, 0.4) is 0 Å². The summed E-state index contributed by atoms with van der Waals surface area (Å²) < 4.78 is 7.53. The summed E-state index contributed by atoms with van der Waals surface area (Å²) in [4.78, 5) is 9.39. The van der Waals surface area contributed by atoms with Crippen LogP contribution in [0.2, 0.25) is 0 Å². The zero-order valence-corrected chi connectivity index (χ0v) is 17.8. The van der Waals surface area contributed by atoms with Gasteiger partial charge in [-0.15, -0.1) is 0 Å². The highest BCUT2D eigenvalue weighted by molar-refractivity contribution is 7.08. The van der Waals surface area contributed by atoms with Crippen molar-refractivity contribution in [2.24, 2.45) is 0 Å². The molecule has 4 heterocycles. The summed E-state index contributed by atoms with van der Waals surface area (Å²) in [5.41, 5.74) is 4.40. The summed E-state index contributed by atoms with van der Waals surface area (Å²) in [6.45, 7) is 7.50. The molecular formula is C22H24N6OS. The standard InChI is InChI=1S/C22H24N6OS/c1-17-4-2-3-5-19(17)22-23-21(29-25-22)14-26-9-11-27(12-10-26)16-28-8-6-20(24-28)18-7-13-30-15-18/h2-8,13,15H,9-12,14,16H2,1H3. The molecule has 4 aromatic rings. The number of hydrogen-bond acceptors (Lipinski definition) is 7. The van der Waals surface area contributed by atoms with E-state index in [0.29, 0.717) is 18.3 Å². The number of piperazine rings is 1. The molecule has 0 N–H and O–H groups in total. The first kappa shape index (κ1) is 19.2. The maximum absolute atomic E-state index is 5.51. The predicted molar refractivity (Wildman–Crippen MR) is 117 cm³/mol. The third-order valence-electron chi connectivity index (χ3n) is 5.48. The van der Waals surface area contributed by atoms with E-state index in [0.717, 1.165) is 49.7 Å². The van der Waals surface area contributed by atoms with Gasteiger partial charge in [0.05, 0.1) is 18.9 Å². The quantitative estimate of drug-likeness (QED) is 0.473. The Hall–Kier alpha value is -2.81. The molecule has 7 nitrogen and oxygen atoms in total. The molecule has 0 saturated carbocycles. The van der Waals surface area contributed by atoms with E-state index in [9.17, 15) is 0 Å². The number of aromatic nitrogens is 4. The lowest BCUT2D eigenvalue weighted by Crippen LogP contribution is -2.46. The van der Waals surface area contributed by atoms with Crippen molar-refractivity contribution < 1.29 is 4.52 Å². The zero-order chi connectivity index (χ0) is 20.3. The van der Waals surface area contributed by atoms with Crippen LogP contribution in [0.5, 0.6) is 0 Å². The van der Waals surface area contributed by atoms with Gasteiger partial charge in [-0.3, -0.25) is 14.5 Å². The number of aryl methyl sites for hydroxylation is 1. The molecule has 0 spiro atoms. The number of rotatable bonds is 6. The zero-order valence-electron chi connectivity index (χ0n) is 16.9. The molecule has 154 valence electrons. The Balaban J connectivity index is 1.14. The maximum atomic E-state index is 5.51. The minimum atomic E-state index is 0.668. The fourth-order valence-electron chi connectivity index (χ4n) is 3.74. The van der Waals surface area contributed by atoms with Gasteiger partial charge < -0.3 is 4.52 Å². The van der Waals surface area contributed by atoms with Crippen LogP contribution in [-0.4, -0.2) is 55.9 Å². The largest absolute Gasteiger partial charge is 0.338 e. The van der Waals surface area contributed by atoms with E-state index in [1.807, 2.05) is 22.9 Å². The molecule has 5 rings (SSSR count). The molecule has 0 amide bonds. The van der Waals surface area contributed by atoms with Gasteiger partial charge in [0.1, 0.15) is 0 Å². The Bertz CT molecular complexity index is 1090. The van der Waals surface area contributed by atoms with Crippen molar-refractivity contribution >= 4 is 11.3 Å². The summed E-state index contributed by atoms with van der Waals surface area (Å²) in [5, 5.41) is 13.1. The lowest BCUT2D eigenvalue weighted by atomic mass is 10.1. The highest BCUT2D eigenvalue weighted by atomic mass is 32.1. The smallest absolute Gasteiger partial charge is 0.241 e. The fraction of sp³-hybridized carbons (Fsp3) is 0.318. The average Bonchev–Trinajstić information content (AvgIpc) is 3.52.